The van der Waals surface area contributed by atoms with E-state index in [2.05, 4.69) is 17.0 Å². The number of carbonyl (C=O) groups excluding carboxylic acids is 2. The van der Waals surface area contributed by atoms with Crippen LogP contribution in [-0.4, -0.2) is 41.2 Å². The van der Waals surface area contributed by atoms with Crippen molar-refractivity contribution in [1.82, 2.24) is 9.80 Å². The first kappa shape index (κ1) is 25.5. The molecule has 172 valence electrons. The summed E-state index contributed by atoms with van der Waals surface area (Å²) in [6.07, 6.45) is 0.614. The fourth-order valence-electron chi connectivity index (χ4n) is 4.13. The van der Waals surface area contributed by atoms with Gasteiger partial charge >= 0.3 is 0 Å². The second-order valence-corrected chi connectivity index (χ2v) is 7.54. The topological polar surface area (TPSA) is 40.6 Å². The minimum Gasteiger partial charge on any atom is -0.298 e. The van der Waals surface area contributed by atoms with Crippen molar-refractivity contribution in [2.45, 2.75) is 47.6 Å². The van der Waals surface area contributed by atoms with Gasteiger partial charge in [0.05, 0.1) is 17.7 Å². The van der Waals surface area contributed by atoms with E-state index < -0.39 is 11.8 Å². The number of imide groups is 1. The minimum absolute atomic E-state index is 0.0487. The summed E-state index contributed by atoms with van der Waals surface area (Å²) in [5, 5.41) is 0. The largest absolute Gasteiger partial charge is 0.298 e. The van der Waals surface area contributed by atoms with Crippen LogP contribution < -0.4 is 0 Å². The van der Waals surface area contributed by atoms with E-state index in [1.165, 1.54) is 5.56 Å². The van der Waals surface area contributed by atoms with Gasteiger partial charge in [-0.25, -0.2) is 4.39 Å². The predicted octanol–water partition coefficient (Wildman–Crippen LogP) is 6.10. The maximum atomic E-state index is 15.0. The van der Waals surface area contributed by atoms with Crippen LogP contribution in [0.1, 0.15) is 67.3 Å². The van der Waals surface area contributed by atoms with Crippen LogP contribution in [0, 0.1) is 5.92 Å². The highest BCUT2D eigenvalue weighted by Crippen LogP contribution is 2.30. The first-order valence-corrected chi connectivity index (χ1v) is 11.6. The molecule has 1 fully saturated rings. The Hall–Kier alpha value is -2.79. The summed E-state index contributed by atoms with van der Waals surface area (Å²) in [7, 11) is 0. The molecule has 5 heteroatoms. The lowest BCUT2D eigenvalue weighted by Crippen LogP contribution is -2.37. The van der Waals surface area contributed by atoms with Crippen molar-refractivity contribution in [3.63, 3.8) is 0 Å². The molecule has 2 aliphatic heterocycles. The number of amides is 2. The van der Waals surface area contributed by atoms with E-state index in [9.17, 15) is 9.59 Å². The Labute approximate surface area is 191 Å². The standard InChI is InChI=1S/C23H23FN2O2.2C2H6/c1-16-13-25(14-17-7-3-2-4-8-17)12-11-18(16)21(24)15-26-22(27)19-9-5-6-10-20(19)23(26)28;2*1-2/h2-10,16H,11-15H2,1H3;2*1-2H3/b21-18+;;. The summed E-state index contributed by atoms with van der Waals surface area (Å²) in [5.74, 6) is -1.12. The number of hydrogen-bond acceptors (Lipinski definition) is 3. The molecule has 1 atom stereocenters. The van der Waals surface area contributed by atoms with E-state index in [4.69, 9.17) is 0 Å². The molecule has 2 heterocycles. The molecule has 0 saturated carbocycles. The highest BCUT2D eigenvalue weighted by atomic mass is 19.1. The molecule has 0 spiro atoms. The fourth-order valence-corrected chi connectivity index (χ4v) is 4.13. The van der Waals surface area contributed by atoms with Crippen LogP contribution in [0.3, 0.4) is 0 Å². The molecule has 4 nitrogen and oxygen atoms in total. The summed E-state index contributed by atoms with van der Waals surface area (Å²) >= 11 is 0. The number of nitrogens with zero attached hydrogens (tertiary/aromatic N) is 2. The average molecular weight is 439 g/mol. The quantitative estimate of drug-likeness (QED) is 0.542. The van der Waals surface area contributed by atoms with Crippen molar-refractivity contribution in [3.8, 4) is 0 Å². The minimum atomic E-state index is -0.412. The van der Waals surface area contributed by atoms with Gasteiger partial charge in [0.25, 0.3) is 11.8 Å². The lowest BCUT2D eigenvalue weighted by atomic mass is 9.92. The Balaban J connectivity index is 0.000000860. The third-order valence-corrected chi connectivity index (χ3v) is 5.60. The van der Waals surface area contributed by atoms with E-state index in [0.29, 0.717) is 17.5 Å². The van der Waals surface area contributed by atoms with Gasteiger partial charge in [-0.2, -0.15) is 0 Å². The summed E-state index contributed by atoms with van der Waals surface area (Å²) in [5.41, 5.74) is 2.68. The van der Waals surface area contributed by atoms with Gasteiger partial charge in [-0.15, -0.1) is 0 Å². The molecule has 0 bridgehead atoms. The van der Waals surface area contributed by atoms with Gasteiger partial charge in [0, 0.05) is 19.6 Å². The average Bonchev–Trinajstić information content (AvgIpc) is 3.07. The molecule has 0 aliphatic carbocycles. The molecule has 1 unspecified atom stereocenters. The van der Waals surface area contributed by atoms with Crippen molar-refractivity contribution in [3.05, 3.63) is 82.7 Å². The van der Waals surface area contributed by atoms with Crippen molar-refractivity contribution in [2.75, 3.05) is 19.6 Å². The van der Waals surface area contributed by atoms with Crippen LogP contribution in [0.2, 0.25) is 0 Å². The number of hydrogen-bond donors (Lipinski definition) is 0. The van der Waals surface area contributed by atoms with E-state index >= 15 is 4.39 Å². The molecule has 2 aliphatic rings. The van der Waals surface area contributed by atoms with Crippen LogP contribution in [0.15, 0.2) is 66.0 Å². The lowest BCUT2D eigenvalue weighted by molar-refractivity contribution is 0.0658. The van der Waals surface area contributed by atoms with E-state index in [-0.39, 0.29) is 18.3 Å². The summed E-state index contributed by atoms with van der Waals surface area (Å²) in [6, 6.07) is 16.9. The number of likely N-dealkylation sites (tertiary alicyclic amines) is 1. The molecule has 0 N–H and O–H groups in total. The van der Waals surface area contributed by atoms with Gasteiger partial charge in [0.1, 0.15) is 5.83 Å². The van der Waals surface area contributed by atoms with Gasteiger partial charge < -0.3 is 0 Å². The van der Waals surface area contributed by atoms with Crippen LogP contribution in [0.5, 0.6) is 0 Å². The first-order chi connectivity index (χ1) is 15.5. The van der Waals surface area contributed by atoms with Crippen molar-refractivity contribution in [1.29, 1.82) is 0 Å². The highest BCUT2D eigenvalue weighted by molar-refractivity contribution is 6.21. The van der Waals surface area contributed by atoms with Gasteiger partial charge in [-0.05, 0) is 35.6 Å². The third kappa shape index (κ3) is 5.71. The Morgan fingerprint density at radius 1 is 0.906 bits per heavy atom. The molecule has 2 amide bonds. The Morgan fingerprint density at radius 2 is 1.44 bits per heavy atom. The second kappa shape index (κ2) is 12.3. The Kier molecular flexibility index (Phi) is 9.79. The van der Waals surface area contributed by atoms with E-state index in [1.54, 1.807) is 24.3 Å². The van der Waals surface area contributed by atoms with Crippen LogP contribution in [0.25, 0.3) is 0 Å². The lowest BCUT2D eigenvalue weighted by Gasteiger charge is -2.33. The maximum absolute atomic E-state index is 15.0. The molecule has 0 aromatic heterocycles. The van der Waals surface area contributed by atoms with Gasteiger partial charge in [0.2, 0.25) is 0 Å². The monoisotopic (exact) mass is 438 g/mol. The van der Waals surface area contributed by atoms with Crippen LogP contribution >= 0.6 is 0 Å². The summed E-state index contributed by atoms with van der Waals surface area (Å²) < 4.78 is 15.0. The SMILES string of the molecule is CC.CC.CC1CN(Cc2ccccc2)CC/C1=C(\F)CN1C(=O)c2ccccc2C1=O. The van der Waals surface area contributed by atoms with Crippen LogP contribution in [0.4, 0.5) is 4.39 Å². The molecule has 32 heavy (non-hydrogen) atoms. The zero-order valence-electron chi connectivity index (χ0n) is 19.9. The van der Waals surface area contributed by atoms with Crippen LogP contribution in [-0.2, 0) is 6.54 Å². The van der Waals surface area contributed by atoms with E-state index in [0.717, 1.165) is 30.1 Å². The van der Waals surface area contributed by atoms with Gasteiger partial charge in [0.15, 0.2) is 0 Å². The van der Waals surface area contributed by atoms with Gasteiger partial charge in [-0.1, -0.05) is 77.1 Å². The molecule has 0 radical (unpaired) electrons. The molecule has 1 saturated heterocycles. The normalized spacial score (nSPS) is 19.4. The molecule has 4 rings (SSSR count). The Bertz CT molecular complexity index is 905. The number of benzene rings is 2. The number of carbonyl (C=O) groups is 2. The van der Waals surface area contributed by atoms with Gasteiger partial charge in [-0.3, -0.25) is 19.4 Å². The number of piperidine rings is 1. The maximum Gasteiger partial charge on any atom is 0.261 e. The number of fused-ring (bicyclic) bond motifs is 1. The summed E-state index contributed by atoms with van der Waals surface area (Å²) in [4.78, 5) is 28.3. The van der Waals surface area contributed by atoms with E-state index in [1.807, 2.05) is 52.8 Å². The zero-order valence-corrected chi connectivity index (χ0v) is 19.9. The third-order valence-electron chi connectivity index (χ3n) is 5.60. The smallest absolute Gasteiger partial charge is 0.261 e. The number of rotatable bonds is 4. The van der Waals surface area contributed by atoms with Crippen molar-refractivity contribution >= 4 is 11.8 Å². The van der Waals surface area contributed by atoms with Crippen molar-refractivity contribution in [2.24, 2.45) is 5.92 Å². The predicted molar refractivity (Wildman–Crippen MR) is 128 cm³/mol. The zero-order chi connectivity index (χ0) is 23.7. The van der Waals surface area contributed by atoms with Crippen molar-refractivity contribution < 1.29 is 14.0 Å². The summed E-state index contributed by atoms with van der Waals surface area (Å²) in [6.45, 7) is 12.1. The first-order valence-electron chi connectivity index (χ1n) is 11.6. The Morgan fingerprint density at radius 3 is 1.97 bits per heavy atom. The molecule has 2 aromatic rings. The fraction of sp³-hybridized carbons (Fsp3) is 0.407. The molecular weight excluding hydrogens is 403 g/mol. The highest BCUT2D eigenvalue weighted by Gasteiger charge is 2.36. The second-order valence-electron chi connectivity index (χ2n) is 7.54. The molecule has 2 aromatic carbocycles. The molecular formula is C27H35FN2O2. The number of halogens is 1.